The molecule has 2 aromatic rings. The second-order valence-corrected chi connectivity index (χ2v) is 11.0. The minimum atomic E-state index is -1.76. The van der Waals surface area contributed by atoms with Gasteiger partial charge in [-0.1, -0.05) is 42.5 Å². The summed E-state index contributed by atoms with van der Waals surface area (Å²) in [6, 6.07) is 15.5. The van der Waals surface area contributed by atoms with Crippen molar-refractivity contribution in [3.63, 3.8) is 0 Å². The van der Waals surface area contributed by atoms with Gasteiger partial charge in [-0.3, -0.25) is 9.59 Å². The van der Waals surface area contributed by atoms with Crippen molar-refractivity contribution in [1.29, 1.82) is 0 Å². The fraction of sp³-hybridized carbons (Fsp3) is 0.500. The van der Waals surface area contributed by atoms with Crippen LogP contribution in [-0.4, -0.2) is 16.8 Å². The van der Waals surface area contributed by atoms with Gasteiger partial charge >= 0.3 is 0 Å². The van der Waals surface area contributed by atoms with Crippen LogP contribution in [0, 0.1) is 30.1 Å². The van der Waals surface area contributed by atoms with E-state index >= 15 is 0 Å². The topological polar surface area (TPSA) is 57.6 Å². The predicted molar refractivity (Wildman–Crippen MR) is 123 cm³/mol. The molecule has 0 radical (unpaired) electrons. The van der Waals surface area contributed by atoms with E-state index < -0.39 is 5.60 Å². The molecular weight excluding hydrogens is 398 g/mol. The monoisotopic (exact) mass is 429 g/mol. The van der Waals surface area contributed by atoms with E-state index in [0.29, 0.717) is 29.9 Å². The van der Waals surface area contributed by atoms with Gasteiger partial charge in [0.15, 0.2) is 5.60 Å². The number of aryl methyl sites for hydroxylation is 1. The molecule has 166 valence electrons. The summed E-state index contributed by atoms with van der Waals surface area (Å²) in [5, 5.41) is 11.8. The van der Waals surface area contributed by atoms with Crippen LogP contribution in [0.4, 0.5) is 5.69 Å². The number of benzene rings is 2. The minimum Gasteiger partial charge on any atom is -0.375 e. The van der Waals surface area contributed by atoms with Crippen LogP contribution < -0.4 is 4.90 Å². The third-order valence-corrected chi connectivity index (χ3v) is 8.88. The molecule has 0 spiro atoms. The molecule has 5 aliphatic rings. The Morgan fingerprint density at radius 2 is 1.56 bits per heavy atom. The minimum absolute atomic E-state index is 0.0979. The Bertz CT molecular complexity index is 1070. The van der Waals surface area contributed by atoms with Crippen LogP contribution in [0.3, 0.4) is 0 Å². The number of amides is 1. The summed E-state index contributed by atoms with van der Waals surface area (Å²) in [6.45, 7) is 2.43. The van der Waals surface area contributed by atoms with Crippen molar-refractivity contribution in [3.8, 4) is 0 Å². The zero-order valence-electron chi connectivity index (χ0n) is 18.7. The van der Waals surface area contributed by atoms with Gasteiger partial charge in [0.25, 0.3) is 5.91 Å². The van der Waals surface area contributed by atoms with Gasteiger partial charge < -0.3 is 10.0 Å². The number of carbonyl (C=O) groups excluding carboxylic acids is 2. The van der Waals surface area contributed by atoms with Crippen LogP contribution >= 0.6 is 0 Å². The van der Waals surface area contributed by atoms with Crippen molar-refractivity contribution in [2.24, 2.45) is 23.2 Å². The van der Waals surface area contributed by atoms with Gasteiger partial charge in [-0.15, -0.1) is 0 Å². The first-order chi connectivity index (χ1) is 15.4. The lowest BCUT2D eigenvalue weighted by Gasteiger charge is -2.56. The Morgan fingerprint density at radius 3 is 2.22 bits per heavy atom. The summed E-state index contributed by atoms with van der Waals surface area (Å²) in [5.74, 6) is 1.72. The van der Waals surface area contributed by atoms with Crippen LogP contribution in [-0.2, 0) is 21.7 Å². The molecule has 1 N–H and O–H groups in total. The number of fused-ring (bicyclic) bond motifs is 1. The molecule has 1 aliphatic heterocycles. The number of para-hydroxylation sites is 1. The molecule has 4 bridgehead atoms. The lowest BCUT2D eigenvalue weighted by atomic mass is 9.48. The molecule has 4 aliphatic carbocycles. The molecule has 0 aromatic heterocycles. The summed E-state index contributed by atoms with van der Waals surface area (Å²) >= 11 is 0. The Labute approximate surface area is 189 Å². The smallest absolute Gasteiger partial charge is 0.264 e. The first kappa shape index (κ1) is 20.2. The number of nitrogens with zero attached hydrogens (tertiary/aromatic N) is 1. The predicted octanol–water partition coefficient (Wildman–Crippen LogP) is 4.91. The average molecular weight is 430 g/mol. The van der Waals surface area contributed by atoms with Gasteiger partial charge in [-0.05, 0) is 80.4 Å². The van der Waals surface area contributed by atoms with Gasteiger partial charge in [0.1, 0.15) is 5.78 Å². The van der Waals surface area contributed by atoms with E-state index in [4.69, 9.17) is 0 Å². The average Bonchev–Trinajstić information content (AvgIpc) is 2.96. The SMILES string of the molecule is Cc1ccccc1CN1C(=O)[C@](O)(CC(=O)C23CC4CC(CC(C4)C2)C3)c2ccccc21. The summed E-state index contributed by atoms with van der Waals surface area (Å²) in [7, 11) is 0. The van der Waals surface area contributed by atoms with Crippen LogP contribution in [0.2, 0.25) is 0 Å². The van der Waals surface area contributed by atoms with Crippen molar-refractivity contribution in [2.75, 3.05) is 4.90 Å². The van der Waals surface area contributed by atoms with Gasteiger partial charge in [0.2, 0.25) is 0 Å². The molecule has 7 rings (SSSR count). The molecule has 32 heavy (non-hydrogen) atoms. The molecule has 1 heterocycles. The molecule has 4 nitrogen and oxygen atoms in total. The highest BCUT2D eigenvalue weighted by atomic mass is 16.3. The van der Waals surface area contributed by atoms with Crippen LogP contribution in [0.25, 0.3) is 0 Å². The van der Waals surface area contributed by atoms with Crippen molar-refractivity contribution in [2.45, 2.75) is 64.0 Å². The number of Topliss-reactive ketones (excluding diaryl/α,β-unsaturated/α-hetero) is 1. The fourth-order valence-corrected chi connectivity index (χ4v) is 7.66. The number of anilines is 1. The van der Waals surface area contributed by atoms with Gasteiger partial charge in [-0.2, -0.15) is 0 Å². The zero-order chi connectivity index (χ0) is 22.1. The number of carbonyl (C=O) groups is 2. The molecule has 4 heteroatoms. The first-order valence-corrected chi connectivity index (χ1v) is 12.1. The molecule has 0 unspecified atom stereocenters. The van der Waals surface area contributed by atoms with Crippen molar-refractivity contribution in [3.05, 3.63) is 65.2 Å². The number of hydrogen-bond donors (Lipinski definition) is 1. The largest absolute Gasteiger partial charge is 0.375 e. The normalized spacial score (nSPS) is 34.8. The molecule has 4 fully saturated rings. The third-order valence-electron chi connectivity index (χ3n) is 8.88. The van der Waals surface area contributed by atoms with E-state index in [1.54, 1.807) is 4.90 Å². The summed E-state index contributed by atoms with van der Waals surface area (Å²) < 4.78 is 0. The molecule has 4 saturated carbocycles. The van der Waals surface area contributed by atoms with Gasteiger partial charge in [0, 0.05) is 17.4 Å². The third kappa shape index (κ3) is 2.92. The van der Waals surface area contributed by atoms with E-state index in [2.05, 4.69) is 0 Å². The first-order valence-electron chi connectivity index (χ1n) is 12.1. The van der Waals surface area contributed by atoms with E-state index in [1.807, 2.05) is 55.5 Å². The maximum absolute atomic E-state index is 13.8. The maximum atomic E-state index is 13.8. The second-order valence-electron chi connectivity index (χ2n) is 11.0. The van der Waals surface area contributed by atoms with Crippen LogP contribution in [0.15, 0.2) is 48.5 Å². The van der Waals surface area contributed by atoms with Gasteiger partial charge in [-0.25, -0.2) is 0 Å². The van der Waals surface area contributed by atoms with Crippen molar-refractivity contribution < 1.29 is 14.7 Å². The highest BCUT2D eigenvalue weighted by Gasteiger charge is 2.58. The van der Waals surface area contributed by atoms with Gasteiger partial charge in [0.05, 0.1) is 12.2 Å². The van der Waals surface area contributed by atoms with E-state index in [9.17, 15) is 14.7 Å². The second kappa shape index (κ2) is 7.02. The highest BCUT2D eigenvalue weighted by Crippen LogP contribution is 2.61. The number of hydrogen-bond acceptors (Lipinski definition) is 3. The maximum Gasteiger partial charge on any atom is 0.264 e. The highest BCUT2D eigenvalue weighted by molar-refractivity contribution is 6.09. The molecule has 0 saturated heterocycles. The molecule has 1 atom stereocenters. The van der Waals surface area contributed by atoms with Crippen LogP contribution in [0.1, 0.15) is 61.6 Å². The van der Waals surface area contributed by atoms with Crippen molar-refractivity contribution in [1.82, 2.24) is 0 Å². The number of rotatable bonds is 5. The Hall–Kier alpha value is -2.46. The van der Waals surface area contributed by atoms with Crippen molar-refractivity contribution >= 4 is 17.4 Å². The van der Waals surface area contributed by atoms with E-state index in [0.717, 1.165) is 36.1 Å². The summed E-state index contributed by atoms with van der Waals surface area (Å²) in [4.78, 5) is 29.2. The van der Waals surface area contributed by atoms with E-state index in [-0.39, 0.29) is 23.5 Å². The number of ketones is 1. The Morgan fingerprint density at radius 1 is 0.969 bits per heavy atom. The Balaban J connectivity index is 1.32. The standard InChI is InChI=1S/C28H31NO3/c1-18-6-2-3-7-22(18)17-29-24-9-5-4-8-23(24)28(32,26(29)31)16-25(30)27-13-19-10-20(14-27)12-21(11-19)15-27/h2-9,19-21,32H,10-17H2,1H3/t19?,20?,21?,27?,28-/m0/s1. The molecule has 1 amide bonds. The Kier molecular flexibility index (Phi) is 4.42. The van der Waals surface area contributed by atoms with E-state index in [1.165, 1.54) is 19.3 Å². The summed E-state index contributed by atoms with van der Waals surface area (Å²) in [5.41, 5.74) is 1.38. The number of aliphatic hydroxyl groups is 1. The zero-order valence-corrected chi connectivity index (χ0v) is 18.7. The fourth-order valence-electron chi connectivity index (χ4n) is 7.66. The lowest BCUT2D eigenvalue weighted by Crippen LogP contribution is -2.52. The summed E-state index contributed by atoms with van der Waals surface area (Å²) in [6.07, 6.45) is 6.57. The molecular formula is C28H31NO3. The molecule has 2 aromatic carbocycles. The quantitative estimate of drug-likeness (QED) is 0.735. The lowest BCUT2D eigenvalue weighted by molar-refractivity contribution is -0.154. The van der Waals surface area contributed by atoms with Crippen LogP contribution in [0.5, 0.6) is 0 Å².